The molecule has 0 bridgehead atoms. The van der Waals surface area contributed by atoms with Gasteiger partial charge in [-0.25, -0.2) is 9.18 Å². The maximum absolute atomic E-state index is 12.2. The van der Waals surface area contributed by atoms with Gasteiger partial charge in [0.2, 0.25) is 6.79 Å². The summed E-state index contributed by atoms with van der Waals surface area (Å²) in [5.41, 5.74) is -0.656. The lowest BCUT2D eigenvalue weighted by atomic mass is 9.98. The first kappa shape index (κ1) is 14.7. The van der Waals surface area contributed by atoms with Crippen LogP contribution in [0.25, 0.3) is 0 Å². The van der Waals surface area contributed by atoms with Crippen LogP contribution in [0.5, 0.6) is 0 Å². The fourth-order valence-electron chi connectivity index (χ4n) is 0.598. The highest BCUT2D eigenvalue weighted by Gasteiger charge is 2.23. The second-order valence-electron chi connectivity index (χ2n) is 4.21. The molecule has 0 aromatic heterocycles. The summed E-state index contributed by atoms with van der Waals surface area (Å²) in [4.78, 5) is 22.1. The van der Waals surface area contributed by atoms with Gasteiger partial charge < -0.3 is 14.8 Å². The number of ether oxygens (including phenoxy) is 2. The first-order chi connectivity index (χ1) is 7.23. The number of carbonyl (C=O) groups is 2. The van der Waals surface area contributed by atoms with Crippen LogP contribution in [0, 0.1) is 12.3 Å². The fraction of sp³-hybridized carbons (Fsp3) is 0.700. The fourth-order valence-corrected chi connectivity index (χ4v) is 0.598. The van der Waals surface area contributed by atoms with Crippen LogP contribution in [0.15, 0.2) is 0 Å². The van der Waals surface area contributed by atoms with Crippen molar-refractivity contribution in [1.82, 2.24) is 5.32 Å². The molecule has 0 aromatic carbocycles. The van der Waals surface area contributed by atoms with Crippen LogP contribution in [-0.2, 0) is 14.3 Å². The third kappa shape index (κ3) is 7.03. The normalized spacial score (nSPS) is 12.8. The SMILES string of the molecule is [CH2][C@@H](F)CNC(=O)OCOC(=O)C(C)(C)C. The van der Waals surface area contributed by atoms with E-state index in [4.69, 9.17) is 0 Å². The molecule has 1 radical (unpaired) electrons. The van der Waals surface area contributed by atoms with Gasteiger partial charge in [0.1, 0.15) is 6.17 Å². The van der Waals surface area contributed by atoms with Crippen LogP contribution in [0.4, 0.5) is 9.18 Å². The number of amides is 1. The summed E-state index contributed by atoms with van der Waals surface area (Å²) in [6.45, 7) is 7.31. The molecular weight excluding hydrogens is 217 g/mol. The zero-order valence-electron chi connectivity index (χ0n) is 9.71. The lowest BCUT2D eigenvalue weighted by Crippen LogP contribution is -2.31. The van der Waals surface area contributed by atoms with Gasteiger partial charge in [0, 0.05) is 0 Å². The first-order valence-electron chi connectivity index (χ1n) is 4.78. The summed E-state index contributed by atoms with van der Waals surface area (Å²) in [5.74, 6) is -0.485. The van der Waals surface area contributed by atoms with Crippen LogP contribution in [0.3, 0.4) is 0 Å². The average molecular weight is 234 g/mol. The highest BCUT2D eigenvalue weighted by molar-refractivity contribution is 5.75. The number of carbonyl (C=O) groups excluding carboxylic acids is 2. The Bertz CT molecular complexity index is 248. The highest BCUT2D eigenvalue weighted by atomic mass is 19.1. The van der Waals surface area contributed by atoms with E-state index >= 15 is 0 Å². The molecule has 0 aromatic rings. The van der Waals surface area contributed by atoms with E-state index in [1.165, 1.54) is 0 Å². The molecule has 16 heavy (non-hydrogen) atoms. The van der Waals surface area contributed by atoms with Crippen molar-refractivity contribution in [2.45, 2.75) is 26.9 Å². The zero-order chi connectivity index (χ0) is 12.8. The number of alkyl carbamates (subject to hydrolysis) is 1. The molecule has 0 spiro atoms. The third-order valence-corrected chi connectivity index (χ3v) is 1.46. The highest BCUT2D eigenvalue weighted by Crippen LogP contribution is 2.14. The van der Waals surface area contributed by atoms with Crippen molar-refractivity contribution in [2.75, 3.05) is 13.3 Å². The minimum absolute atomic E-state index is 0.244. The molecule has 1 amide bonds. The Labute approximate surface area is 94.3 Å². The van der Waals surface area contributed by atoms with Gasteiger partial charge in [-0.05, 0) is 27.7 Å². The van der Waals surface area contributed by atoms with E-state index in [1.807, 2.05) is 0 Å². The quantitative estimate of drug-likeness (QED) is 0.590. The lowest BCUT2D eigenvalue weighted by Gasteiger charge is -2.16. The largest absolute Gasteiger partial charge is 0.427 e. The first-order valence-corrected chi connectivity index (χ1v) is 4.78. The molecule has 0 unspecified atom stereocenters. The Hall–Kier alpha value is -1.33. The summed E-state index contributed by atoms with van der Waals surface area (Å²) in [5, 5.41) is 2.10. The predicted octanol–water partition coefficient (Wildman–Crippen LogP) is 1.43. The van der Waals surface area contributed by atoms with Gasteiger partial charge in [0.25, 0.3) is 0 Å². The third-order valence-electron chi connectivity index (χ3n) is 1.46. The lowest BCUT2D eigenvalue weighted by molar-refractivity contribution is -0.161. The minimum atomic E-state index is -1.40. The van der Waals surface area contributed by atoms with Gasteiger partial charge in [0.15, 0.2) is 0 Å². The standard InChI is InChI=1S/C10H17FNO4/c1-7(11)5-12-9(14)16-6-15-8(13)10(2,3)4/h7H,1,5-6H2,2-4H3,(H,12,14)/t7-/m1/s1. The Kier molecular flexibility index (Phi) is 5.77. The van der Waals surface area contributed by atoms with Crippen molar-refractivity contribution in [1.29, 1.82) is 0 Å². The molecule has 5 nitrogen and oxygen atoms in total. The number of hydrogen-bond donors (Lipinski definition) is 1. The molecule has 6 heteroatoms. The van der Waals surface area contributed by atoms with E-state index in [0.29, 0.717) is 0 Å². The van der Waals surface area contributed by atoms with Gasteiger partial charge in [-0.15, -0.1) is 0 Å². The molecule has 0 saturated heterocycles. The minimum Gasteiger partial charge on any atom is -0.427 e. The van der Waals surface area contributed by atoms with Crippen LogP contribution in [0.2, 0.25) is 0 Å². The Morgan fingerprint density at radius 1 is 1.38 bits per heavy atom. The van der Waals surface area contributed by atoms with E-state index in [-0.39, 0.29) is 6.54 Å². The van der Waals surface area contributed by atoms with Gasteiger partial charge in [-0.3, -0.25) is 4.79 Å². The molecule has 1 atom stereocenters. The molecular formula is C10H17FNO4. The van der Waals surface area contributed by atoms with Gasteiger partial charge in [-0.1, -0.05) is 0 Å². The van der Waals surface area contributed by atoms with Crippen LogP contribution in [-0.4, -0.2) is 31.6 Å². The van der Waals surface area contributed by atoms with Crippen LogP contribution < -0.4 is 5.32 Å². The van der Waals surface area contributed by atoms with Crippen molar-refractivity contribution in [3.8, 4) is 0 Å². The zero-order valence-corrected chi connectivity index (χ0v) is 9.71. The number of nitrogens with one attached hydrogen (secondary N) is 1. The molecule has 1 N–H and O–H groups in total. The Balaban J connectivity index is 3.67. The van der Waals surface area contributed by atoms with Crippen molar-refractivity contribution in [3.05, 3.63) is 6.92 Å². The second-order valence-corrected chi connectivity index (χ2v) is 4.21. The second kappa shape index (κ2) is 6.30. The van der Waals surface area contributed by atoms with Crippen molar-refractivity contribution in [3.63, 3.8) is 0 Å². The van der Waals surface area contributed by atoms with Gasteiger partial charge in [0.05, 0.1) is 12.0 Å². The van der Waals surface area contributed by atoms with Crippen molar-refractivity contribution >= 4 is 12.1 Å². The van der Waals surface area contributed by atoms with E-state index in [0.717, 1.165) is 0 Å². The molecule has 93 valence electrons. The Morgan fingerprint density at radius 2 is 1.94 bits per heavy atom. The van der Waals surface area contributed by atoms with Crippen LogP contribution in [0.1, 0.15) is 20.8 Å². The summed E-state index contributed by atoms with van der Waals surface area (Å²) in [6.07, 6.45) is -2.25. The summed E-state index contributed by atoms with van der Waals surface area (Å²) in [6, 6.07) is 0. The number of hydrogen-bond acceptors (Lipinski definition) is 4. The van der Waals surface area contributed by atoms with Crippen LogP contribution >= 0.6 is 0 Å². The monoisotopic (exact) mass is 234 g/mol. The molecule has 0 aliphatic rings. The molecule has 0 heterocycles. The molecule has 0 aliphatic carbocycles. The van der Waals surface area contributed by atoms with Crippen molar-refractivity contribution < 1.29 is 23.5 Å². The van der Waals surface area contributed by atoms with E-state index in [2.05, 4.69) is 21.7 Å². The summed E-state index contributed by atoms with van der Waals surface area (Å²) < 4.78 is 21.3. The topological polar surface area (TPSA) is 64.6 Å². The molecule has 0 aliphatic heterocycles. The number of esters is 1. The number of alkyl halides is 1. The van der Waals surface area contributed by atoms with Gasteiger partial charge in [-0.2, -0.15) is 0 Å². The number of rotatable bonds is 4. The average Bonchev–Trinajstić information content (AvgIpc) is 2.13. The molecule has 0 fully saturated rings. The smallest absolute Gasteiger partial charge is 0.410 e. The molecule has 0 saturated carbocycles. The molecule has 0 rings (SSSR count). The van der Waals surface area contributed by atoms with E-state index in [9.17, 15) is 14.0 Å². The van der Waals surface area contributed by atoms with E-state index < -0.39 is 30.4 Å². The summed E-state index contributed by atoms with van der Waals surface area (Å²) in [7, 11) is 0. The maximum Gasteiger partial charge on any atom is 0.410 e. The summed E-state index contributed by atoms with van der Waals surface area (Å²) >= 11 is 0. The van der Waals surface area contributed by atoms with Crippen molar-refractivity contribution in [2.24, 2.45) is 5.41 Å². The maximum atomic E-state index is 12.2. The number of halogens is 1. The van der Waals surface area contributed by atoms with Gasteiger partial charge >= 0.3 is 12.1 Å². The predicted molar refractivity (Wildman–Crippen MR) is 55.2 cm³/mol. The Morgan fingerprint density at radius 3 is 2.38 bits per heavy atom. The van der Waals surface area contributed by atoms with E-state index in [1.54, 1.807) is 20.8 Å².